The molecule has 0 fully saturated rings. The molecule has 20 heavy (non-hydrogen) atoms. The predicted molar refractivity (Wildman–Crippen MR) is 82.3 cm³/mol. The van der Waals surface area contributed by atoms with Crippen molar-refractivity contribution >= 4 is 17.3 Å². The number of fused-ring (bicyclic) bond motifs is 1. The van der Waals surface area contributed by atoms with Gasteiger partial charge in [0.1, 0.15) is 17.5 Å². The zero-order chi connectivity index (χ0) is 14.3. The summed E-state index contributed by atoms with van der Waals surface area (Å²) in [5.41, 5.74) is 9.63. The minimum absolute atomic E-state index is 0.394. The zero-order valence-corrected chi connectivity index (χ0v) is 12.2. The van der Waals surface area contributed by atoms with Crippen LogP contribution in [0.4, 0.5) is 17.3 Å². The molecule has 1 aromatic heterocycles. The van der Waals surface area contributed by atoms with Crippen molar-refractivity contribution in [1.82, 2.24) is 9.97 Å². The van der Waals surface area contributed by atoms with Crippen molar-refractivity contribution in [3.63, 3.8) is 0 Å². The van der Waals surface area contributed by atoms with Gasteiger partial charge in [-0.15, -0.1) is 0 Å². The number of benzene rings is 1. The minimum atomic E-state index is 0.394. The summed E-state index contributed by atoms with van der Waals surface area (Å²) in [6.45, 7) is 6.27. The molecule has 1 atom stereocenters. The number of aromatic nitrogens is 2. The second kappa shape index (κ2) is 4.78. The lowest BCUT2D eigenvalue weighted by atomic mass is 10.1. The number of hydrogen-bond acceptors (Lipinski definition) is 4. The number of nitrogens with zero attached hydrogens (tertiary/aromatic N) is 3. The first-order valence-corrected chi connectivity index (χ1v) is 7.12. The van der Waals surface area contributed by atoms with Crippen molar-refractivity contribution in [3.05, 3.63) is 41.2 Å². The first-order valence-electron chi connectivity index (χ1n) is 7.12. The number of anilines is 3. The number of nitrogen functional groups attached to an aromatic ring is 1. The number of rotatable bonds is 2. The van der Waals surface area contributed by atoms with E-state index in [0.717, 1.165) is 30.0 Å². The van der Waals surface area contributed by atoms with Crippen molar-refractivity contribution in [2.45, 2.75) is 39.7 Å². The van der Waals surface area contributed by atoms with Gasteiger partial charge in [-0.3, -0.25) is 0 Å². The quantitative estimate of drug-likeness (QED) is 0.909. The van der Waals surface area contributed by atoms with E-state index < -0.39 is 0 Å². The first-order chi connectivity index (χ1) is 9.61. The number of para-hydroxylation sites is 1. The second-order valence-electron chi connectivity index (χ2n) is 5.38. The smallest absolute Gasteiger partial charge is 0.142 e. The fourth-order valence-electron chi connectivity index (χ4n) is 2.85. The van der Waals surface area contributed by atoms with Gasteiger partial charge in [0, 0.05) is 23.7 Å². The van der Waals surface area contributed by atoms with Crippen molar-refractivity contribution in [3.8, 4) is 0 Å². The maximum Gasteiger partial charge on any atom is 0.142 e. The zero-order valence-electron chi connectivity index (χ0n) is 12.2. The molecule has 0 saturated carbocycles. The molecule has 3 rings (SSSR count). The van der Waals surface area contributed by atoms with Crippen LogP contribution in [0.2, 0.25) is 0 Å². The normalized spacial score (nSPS) is 17.4. The van der Waals surface area contributed by atoms with Gasteiger partial charge in [0.15, 0.2) is 0 Å². The Morgan fingerprint density at radius 2 is 2.05 bits per heavy atom. The third-order valence-corrected chi connectivity index (χ3v) is 3.96. The Bertz CT molecular complexity index is 651. The molecule has 2 aromatic rings. The summed E-state index contributed by atoms with van der Waals surface area (Å²) in [7, 11) is 0. The molecule has 1 unspecified atom stereocenters. The monoisotopic (exact) mass is 268 g/mol. The van der Waals surface area contributed by atoms with E-state index in [1.165, 1.54) is 11.3 Å². The molecule has 0 bridgehead atoms. The summed E-state index contributed by atoms with van der Waals surface area (Å²) >= 11 is 0. The maximum atomic E-state index is 6.05. The van der Waals surface area contributed by atoms with Crippen molar-refractivity contribution < 1.29 is 0 Å². The summed E-state index contributed by atoms with van der Waals surface area (Å²) in [6, 6.07) is 8.90. The largest absolute Gasteiger partial charge is 0.383 e. The fourth-order valence-corrected chi connectivity index (χ4v) is 2.85. The lowest BCUT2D eigenvalue weighted by Gasteiger charge is -2.26. The van der Waals surface area contributed by atoms with Gasteiger partial charge in [-0.2, -0.15) is 0 Å². The number of hydrogen-bond donors (Lipinski definition) is 1. The summed E-state index contributed by atoms with van der Waals surface area (Å²) in [5.74, 6) is 2.34. The van der Waals surface area contributed by atoms with Crippen LogP contribution in [0, 0.1) is 6.92 Å². The van der Waals surface area contributed by atoms with Crippen LogP contribution in [0.25, 0.3) is 0 Å². The van der Waals surface area contributed by atoms with Crippen LogP contribution in [-0.4, -0.2) is 16.0 Å². The molecule has 104 valence electrons. The van der Waals surface area contributed by atoms with E-state index >= 15 is 0 Å². The average Bonchev–Trinajstić information content (AvgIpc) is 2.77. The fraction of sp³-hybridized carbons (Fsp3) is 0.375. The highest BCUT2D eigenvalue weighted by atomic mass is 15.2. The van der Waals surface area contributed by atoms with Crippen LogP contribution in [0.15, 0.2) is 24.3 Å². The molecule has 1 aromatic carbocycles. The van der Waals surface area contributed by atoms with Crippen LogP contribution < -0.4 is 10.6 Å². The molecule has 1 aliphatic rings. The standard InChI is InChI=1S/C16H20N4/c1-4-14-18-15(17)11(3)16(19-14)20-10(2)9-12-7-5-6-8-13(12)20/h5-8,10H,4,9H2,1-3H3,(H2,17,18,19). The molecule has 1 aliphatic heterocycles. The third kappa shape index (κ3) is 1.92. The van der Waals surface area contributed by atoms with E-state index in [9.17, 15) is 0 Å². The van der Waals surface area contributed by atoms with Gasteiger partial charge in [-0.25, -0.2) is 9.97 Å². The molecule has 0 radical (unpaired) electrons. The second-order valence-corrected chi connectivity index (χ2v) is 5.38. The molecule has 0 aliphatic carbocycles. The molecule has 2 N–H and O–H groups in total. The Kier molecular flexibility index (Phi) is 3.08. The van der Waals surface area contributed by atoms with Gasteiger partial charge in [0.2, 0.25) is 0 Å². The van der Waals surface area contributed by atoms with E-state index in [1.807, 2.05) is 6.92 Å². The Labute approximate surface area is 119 Å². The summed E-state index contributed by atoms with van der Waals surface area (Å²) in [5, 5.41) is 0. The molecular formula is C16H20N4. The van der Waals surface area contributed by atoms with E-state index in [-0.39, 0.29) is 0 Å². The van der Waals surface area contributed by atoms with E-state index in [2.05, 4.69) is 48.0 Å². The average molecular weight is 268 g/mol. The lowest BCUT2D eigenvalue weighted by Crippen LogP contribution is -2.26. The maximum absolute atomic E-state index is 6.05. The van der Waals surface area contributed by atoms with Gasteiger partial charge in [0.25, 0.3) is 0 Å². The van der Waals surface area contributed by atoms with Crippen LogP contribution in [0.5, 0.6) is 0 Å². The van der Waals surface area contributed by atoms with E-state index in [1.54, 1.807) is 0 Å². The van der Waals surface area contributed by atoms with Gasteiger partial charge >= 0.3 is 0 Å². The highest BCUT2D eigenvalue weighted by Crippen LogP contribution is 2.39. The highest BCUT2D eigenvalue weighted by molar-refractivity contribution is 5.72. The number of nitrogens with two attached hydrogens (primary N) is 1. The SMILES string of the molecule is CCc1nc(N)c(C)c(N2c3ccccc3CC2C)n1. The van der Waals surface area contributed by atoms with E-state index in [4.69, 9.17) is 10.7 Å². The minimum Gasteiger partial charge on any atom is -0.383 e. The van der Waals surface area contributed by atoms with Crippen LogP contribution in [0.3, 0.4) is 0 Å². The van der Waals surface area contributed by atoms with Gasteiger partial charge in [-0.1, -0.05) is 25.1 Å². The Hall–Kier alpha value is -2.10. The Morgan fingerprint density at radius 3 is 2.80 bits per heavy atom. The molecular weight excluding hydrogens is 248 g/mol. The summed E-state index contributed by atoms with van der Waals surface area (Å²) < 4.78 is 0. The molecule has 0 spiro atoms. The Morgan fingerprint density at radius 1 is 1.30 bits per heavy atom. The lowest BCUT2D eigenvalue weighted by molar-refractivity contribution is 0.742. The van der Waals surface area contributed by atoms with Crippen LogP contribution in [-0.2, 0) is 12.8 Å². The summed E-state index contributed by atoms with van der Waals surface area (Å²) in [6.07, 6.45) is 1.84. The van der Waals surface area contributed by atoms with Crippen LogP contribution in [0.1, 0.15) is 30.8 Å². The Balaban J connectivity index is 2.16. The van der Waals surface area contributed by atoms with Gasteiger partial charge in [0.05, 0.1) is 0 Å². The number of aryl methyl sites for hydroxylation is 1. The predicted octanol–water partition coefficient (Wildman–Crippen LogP) is 3.01. The molecule has 4 nitrogen and oxygen atoms in total. The molecule has 4 heteroatoms. The molecule has 0 saturated heterocycles. The summed E-state index contributed by atoms with van der Waals surface area (Å²) in [4.78, 5) is 11.4. The van der Waals surface area contributed by atoms with E-state index in [0.29, 0.717) is 11.9 Å². The van der Waals surface area contributed by atoms with Crippen molar-refractivity contribution in [2.75, 3.05) is 10.6 Å². The topological polar surface area (TPSA) is 55.0 Å². The molecule has 0 amide bonds. The van der Waals surface area contributed by atoms with Gasteiger partial charge < -0.3 is 10.6 Å². The molecule has 2 heterocycles. The van der Waals surface area contributed by atoms with Gasteiger partial charge in [-0.05, 0) is 31.9 Å². The first kappa shape index (κ1) is 12.9. The third-order valence-electron chi connectivity index (χ3n) is 3.96. The highest BCUT2D eigenvalue weighted by Gasteiger charge is 2.29. The van der Waals surface area contributed by atoms with Crippen molar-refractivity contribution in [1.29, 1.82) is 0 Å². The van der Waals surface area contributed by atoms with Crippen molar-refractivity contribution in [2.24, 2.45) is 0 Å². The van der Waals surface area contributed by atoms with Crippen LogP contribution >= 0.6 is 0 Å².